The summed E-state index contributed by atoms with van der Waals surface area (Å²) in [5, 5.41) is 2.36. The third-order valence-electron chi connectivity index (χ3n) is 3.68. The monoisotopic (exact) mass is 344 g/mol. The number of hydrogen-bond acceptors (Lipinski definition) is 4. The fraction of sp³-hybridized carbons (Fsp3) is 0.421. The number of nitrogens with one attached hydrogen (secondary N) is 1. The van der Waals surface area contributed by atoms with Crippen molar-refractivity contribution in [3.8, 4) is 0 Å². The molecule has 1 aliphatic heterocycles. The van der Waals surface area contributed by atoms with Crippen LogP contribution in [0.15, 0.2) is 36.4 Å². The summed E-state index contributed by atoms with van der Waals surface area (Å²) in [6.07, 6.45) is 3.05. The minimum absolute atomic E-state index is 0.260. The van der Waals surface area contributed by atoms with E-state index in [2.05, 4.69) is 5.32 Å². The van der Waals surface area contributed by atoms with Crippen LogP contribution in [0.2, 0.25) is 0 Å². The smallest absolute Gasteiger partial charge is 0.410 e. The SMILES string of the molecule is CC(C)(C)OC(=O)N1CCC(C(=O)NC(=O)C=Cc2ccccc2)C1. The van der Waals surface area contributed by atoms with Crippen LogP contribution in [0.3, 0.4) is 0 Å². The highest BCUT2D eigenvalue weighted by Gasteiger charge is 2.33. The van der Waals surface area contributed by atoms with Crippen molar-refractivity contribution in [2.24, 2.45) is 5.92 Å². The molecule has 1 aromatic rings. The Morgan fingerprint density at radius 1 is 1.20 bits per heavy atom. The van der Waals surface area contributed by atoms with Gasteiger partial charge in [-0.15, -0.1) is 0 Å². The zero-order chi connectivity index (χ0) is 18.4. The van der Waals surface area contributed by atoms with Crippen LogP contribution in [0.25, 0.3) is 6.08 Å². The van der Waals surface area contributed by atoms with Crippen LogP contribution in [-0.2, 0) is 14.3 Å². The predicted octanol–water partition coefficient (Wildman–Crippen LogP) is 2.60. The Morgan fingerprint density at radius 3 is 2.52 bits per heavy atom. The third-order valence-corrected chi connectivity index (χ3v) is 3.68. The standard InChI is InChI=1S/C19H24N2O4/c1-19(2,3)25-18(24)21-12-11-15(13-21)17(23)20-16(22)10-9-14-7-5-4-6-8-14/h4-10,15H,11-13H2,1-3H3,(H,20,22,23). The van der Waals surface area contributed by atoms with Gasteiger partial charge in [0.2, 0.25) is 5.91 Å². The highest BCUT2D eigenvalue weighted by molar-refractivity contribution is 6.03. The molecule has 134 valence electrons. The first-order valence-corrected chi connectivity index (χ1v) is 8.30. The molecule has 1 saturated heterocycles. The molecule has 0 aromatic heterocycles. The molecule has 2 rings (SSSR count). The fourth-order valence-corrected chi connectivity index (χ4v) is 2.47. The zero-order valence-electron chi connectivity index (χ0n) is 14.8. The Morgan fingerprint density at radius 2 is 1.88 bits per heavy atom. The average Bonchev–Trinajstić information content (AvgIpc) is 3.02. The molecule has 0 saturated carbocycles. The van der Waals surface area contributed by atoms with Gasteiger partial charge in [-0.3, -0.25) is 14.9 Å². The summed E-state index contributed by atoms with van der Waals surface area (Å²) in [4.78, 5) is 37.5. The number of rotatable bonds is 3. The van der Waals surface area contributed by atoms with E-state index >= 15 is 0 Å². The number of imide groups is 1. The van der Waals surface area contributed by atoms with Gasteiger partial charge in [-0.1, -0.05) is 30.3 Å². The van der Waals surface area contributed by atoms with Gasteiger partial charge < -0.3 is 9.64 Å². The van der Waals surface area contributed by atoms with Gasteiger partial charge >= 0.3 is 6.09 Å². The first-order valence-electron chi connectivity index (χ1n) is 8.30. The van der Waals surface area contributed by atoms with Gasteiger partial charge in [0.1, 0.15) is 5.60 Å². The molecule has 1 heterocycles. The second kappa shape index (κ2) is 7.96. The molecule has 3 amide bonds. The van der Waals surface area contributed by atoms with Gasteiger partial charge in [0.05, 0.1) is 5.92 Å². The van der Waals surface area contributed by atoms with Crippen molar-refractivity contribution in [1.29, 1.82) is 0 Å². The topological polar surface area (TPSA) is 75.7 Å². The van der Waals surface area contributed by atoms with Gasteiger partial charge in [-0.25, -0.2) is 4.79 Å². The van der Waals surface area contributed by atoms with Crippen LogP contribution in [0.4, 0.5) is 4.79 Å². The second-order valence-electron chi connectivity index (χ2n) is 7.01. The second-order valence-corrected chi connectivity index (χ2v) is 7.01. The van der Waals surface area contributed by atoms with Gasteiger partial charge in [-0.05, 0) is 38.8 Å². The third kappa shape index (κ3) is 6.06. The maximum atomic E-state index is 12.2. The average molecular weight is 344 g/mol. The maximum Gasteiger partial charge on any atom is 0.410 e. The normalized spacial score (nSPS) is 17.6. The van der Waals surface area contributed by atoms with Crippen LogP contribution in [-0.4, -0.2) is 41.5 Å². The summed E-state index contributed by atoms with van der Waals surface area (Å²) in [6.45, 7) is 6.09. The molecule has 0 aliphatic carbocycles. The Bertz CT molecular complexity index is 662. The fourth-order valence-electron chi connectivity index (χ4n) is 2.47. The van der Waals surface area contributed by atoms with Crippen LogP contribution in [0.1, 0.15) is 32.8 Å². The molecule has 0 bridgehead atoms. The molecule has 1 N–H and O–H groups in total. The molecule has 1 aromatic carbocycles. The first-order chi connectivity index (χ1) is 11.7. The van der Waals surface area contributed by atoms with E-state index < -0.39 is 23.5 Å². The maximum absolute atomic E-state index is 12.2. The largest absolute Gasteiger partial charge is 0.444 e. The molecule has 0 radical (unpaired) electrons. The zero-order valence-corrected chi connectivity index (χ0v) is 14.8. The Balaban J connectivity index is 1.82. The van der Waals surface area contributed by atoms with Gasteiger partial charge in [0, 0.05) is 19.2 Å². The van der Waals surface area contributed by atoms with Crippen molar-refractivity contribution >= 4 is 24.0 Å². The van der Waals surface area contributed by atoms with E-state index in [9.17, 15) is 14.4 Å². The summed E-state index contributed by atoms with van der Waals surface area (Å²) in [6, 6.07) is 9.35. The van der Waals surface area contributed by atoms with E-state index in [1.165, 1.54) is 11.0 Å². The molecule has 6 nitrogen and oxygen atoms in total. The van der Waals surface area contributed by atoms with Crippen molar-refractivity contribution < 1.29 is 19.1 Å². The molecule has 1 aliphatic rings. The summed E-state index contributed by atoms with van der Waals surface area (Å²) in [5.74, 6) is -1.24. The van der Waals surface area contributed by atoms with Crippen LogP contribution < -0.4 is 5.32 Å². The van der Waals surface area contributed by atoms with Crippen molar-refractivity contribution in [3.63, 3.8) is 0 Å². The number of benzene rings is 1. The lowest BCUT2D eigenvalue weighted by molar-refractivity contribution is -0.130. The predicted molar refractivity (Wildman–Crippen MR) is 94.5 cm³/mol. The molecule has 25 heavy (non-hydrogen) atoms. The van der Waals surface area contributed by atoms with E-state index in [0.29, 0.717) is 13.0 Å². The number of carbonyl (C=O) groups excluding carboxylic acids is 3. The lowest BCUT2D eigenvalue weighted by Crippen LogP contribution is -2.38. The molecule has 1 atom stereocenters. The van der Waals surface area contributed by atoms with E-state index in [-0.39, 0.29) is 12.5 Å². The molecular formula is C19H24N2O4. The molecule has 1 unspecified atom stereocenters. The number of ether oxygens (including phenoxy) is 1. The molecular weight excluding hydrogens is 320 g/mol. The number of amides is 3. The van der Waals surface area contributed by atoms with E-state index in [4.69, 9.17) is 4.74 Å². The van der Waals surface area contributed by atoms with Gasteiger partial charge in [0.25, 0.3) is 5.91 Å². The van der Waals surface area contributed by atoms with E-state index in [1.807, 2.05) is 30.3 Å². The molecule has 6 heteroatoms. The van der Waals surface area contributed by atoms with Gasteiger partial charge in [0.15, 0.2) is 0 Å². The van der Waals surface area contributed by atoms with Crippen LogP contribution >= 0.6 is 0 Å². The number of nitrogens with zero attached hydrogens (tertiary/aromatic N) is 1. The first kappa shape index (κ1) is 18.7. The molecule has 1 fully saturated rings. The van der Waals surface area contributed by atoms with E-state index in [0.717, 1.165) is 5.56 Å². The Labute approximate surface area is 147 Å². The summed E-state index contributed by atoms with van der Waals surface area (Å²) in [5.41, 5.74) is 0.303. The van der Waals surface area contributed by atoms with Crippen molar-refractivity contribution in [2.45, 2.75) is 32.8 Å². The summed E-state index contributed by atoms with van der Waals surface area (Å²) in [7, 11) is 0. The molecule has 0 spiro atoms. The lowest BCUT2D eigenvalue weighted by atomic mass is 10.1. The van der Waals surface area contributed by atoms with Crippen LogP contribution in [0.5, 0.6) is 0 Å². The van der Waals surface area contributed by atoms with E-state index in [1.54, 1.807) is 26.8 Å². The highest BCUT2D eigenvalue weighted by Crippen LogP contribution is 2.19. The summed E-state index contributed by atoms with van der Waals surface area (Å²) >= 11 is 0. The van der Waals surface area contributed by atoms with Crippen molar-refractivity contribution in [3.05, 3.63) is 42.0 Å². The summed E-state index contributed by atoms with van der Waals surface area (Å²) < 4.78 is 5.30. The number of hydrogen-bond donors (Lipinski definition) is 1. The lowest BCUT2D eigenvalue weighted by Gasteiger charge is -2.24. The quantitative estimate of drug-likeness (QED) is 0.855. The van der Waals surface area contributed by atoms with Crippen LogP contribution in [0, 0.1) is 5.92 Å². The minimum atomic E-state index is -0.574. The van der Waals surface area contributed by atoms with Gasteiger partial charge in [-0.2, -0.15) is 0 Å². The van der Waals surface area contributed by atoms with Crippen molar-refractivity contribution in [1.82, 2.24) is 10.2 Å². The Kier molecular flexibility index (Phi) is 5.96. The number of carbonyl (C=O) groups is 3. The number of likely N-dealkylation sites (tertiary alicyclic amines) is 1. The highest BCUT2D eigenvalue weighted by atomic mass is 16.6. The van der Waals surface area contributed by atoms with Crippen molar-refractivity contribution in [2.75, 3.05) is 13.1 Å². The minimum Gasteiger partial charge on any atom is -0.444 e. The Hall–Kier alpha value is -2.63.